The molecular formula is C14H11N2O5. The van der Waals surface area contributed by atoms with E-state index in [2.05, 4.69) is 10.3 Å². The van der Waals surface area contributed by atoms with Gasteiger partial charge in [0.2, 0.25) is 11.7 Å². The summed E-state index contributed by atoms with van der Waals surface area (Å²) >= 11 is 0. The van der Waals surface area contributed by atoms with Crippen molar-refractivity contribution in [3.63, 3.8) is 0 Å². The lowest BCUT2D eigenvalue weighted by molar-refractivity contribution is 0.0941. The lowest BCUT2D eigenvalue weighted by atomic mass is 10.1. The molecule has 0 bridgehead atoms. The molecule has 0 saturated heterocycles. The van der Waals surface area contributed by atoms with Crippen LogP contribution in [0.25, 0.3) is 0 Å². The number of carbonyl (C=O) groups excluding carboxylic acids is 2. The summed E-state index contributed by atoms with van der Waals surface area (Å²) in [5, 5.41) is 20.6. The summed E-state index contributed by atoms with van der Waals surface area (Å²) < 4.78 is 0. The van der Waals surface area contributed by atoms with E-state index in [1.807, 2.05) is 0 Å². The van der Waals surface area contributed by atoms with Crippen molar-refractivity contribution in [1.29, 1.82) is 0 Å². The molecule has 7 heteroatoms. The highest BCUT2D eigenvalue weighted by atomic mass is 16.3. The van der Waals surface area contributed by atoms with Gasteiger partial charge < -0.3 is 20.5 Å². The van der Waals surface area contributed by atoms with Gasteiger partial charge in [0.05, 0.1) is 0 Å². The van der Waals surface area contributed by atoms with Crippen molar-refractivity contribution in [3.05, 3.63) is 58.0 Å². The van der Waals surface area contributed by atoms with Gasteiger partial charge in [-0.15, -0.1) is 0 Å². The normalized spacial score (nSPS) is 11.6. The Kier molecular flexibility index (Phi) is 4.03. The molecule has 0 aliphatic heterocycles. The first-order chi connectivity index (χ1) is 10.0. The minimum atomic E-state index is -1.05. The van der Waals surface area contributed by atoms with Crippen LogP contribution in [0.4, 0.5) is 0 Å². The van der Waals surface area contributed by atoms with E-state index in [1.54, 1.807) is 6.29 Å². The van der Waals surface area contributed by atoms with Crippen LogP contribution in [-0.4, -0.2) is 27.4 Å². The number of aromatic nitrogens is 1. The summed E-state index contributed by atoms with van der Waals surface area (Å²) in [6.07, 6.45) is 2.64. The van der Waals surface area contributed by atoms with Crippen molar-refractivity contribution in [2.75, 3.05) is 0 Å². The summed E-state index contributed by atoms with van der Waals surface area (Å²) in [6, 6.07) is 5.54. The van der Waals surface area contributed by atoms with Crippen LogP contribution in [0.1, 0.15) is 22.1 Å². The molecule has 0 fully saturated rings. The number of phenols is 1. The predicted molar refractivity (Wildman–Crippen MR) is 72.7 cm³/mol. The Hall–Kier alpha value is -3.09. The minimum absolute atomic E-state index is 0.0255. The lowest BCUT2D eigenvalue weighted by Gasteiger charge is -2.12. The number of amides is 1. The third-order valence-corrected chi connectivity index (χ3v) is 2.76. The average Bonchev–Trinajstić information content (AvgIpc) is 2.48. The van der Waals surface area contributed by atoms with Crippen molar-refractivity contribution in [2.45, 2.75) is 6.04 Å². The Morgan fingerprint density at radius 1 is 1.24 bits per heavy atom. The highest BCUT2D eigenvalue weighted by Crippen LogP contribution is 2.15. The highest BCUT2D eigenvalue weighted by molar-refractivity contribution is 5.94. The van der Waals surface area contributed by atoms with Crippen molar-refractivity contribution in [3.8, 4) is 11.5 Å². The molecule has 0 spiro atoms. The summed E-state index contributed by atoms with van der Waals surface area (Å²) in [5.74, 6) is -1.19. The van der Waals surface area contributed by atoms with Gasteiger partial charge in [-0.3, -0.25) is 14.4 Å². The zero-order valence-corrected chi connectivity index (χ0v) is 10.7. The molecule has 1 aromatic carbocycles. The second-order valence-electron chi connectivity index (χ2n) is 4.21. The van der Waals surface area contributed by atoms with Crippen LogP contribution in [0.5, 0.6) is 11.5 Å². The topological polar surface area (TPSA) is 119 Å². The van der Waals surface area contributed by atoms with E-state index < -0.39 is 23.1 Å². The Morgan fingerprint density at radius 2 is 1.90 bits per heavy atom. The van der Waals surface area contributed by atoms with Gasteiger partial charge in [-0.05, 0) is 17.7 Å². The Morgan fingerprint density at radius 3 is 2.48 bits per heavy atom. The fraction of sp³-hybridized carbons (Fsp3) is 0.0714. The van der Waals surface area contributed by atoms with Gasteiger partial charge in [0.25, 0.3) is 5.91 Å². The van der Waals surface area contributed by atoms with Crippen LogP contribution in [0.2, 0.25) is 0 Å². The molecule has 21 heavy (non-hydrogen) atoms. The van der Waals surface area contributed by atoms with Crippen LogP contribution in [-0.2, 0) is 4.79 Å². The molecule has 1 radical (unpaired) electrons. The molecule has 2 rings (SSSR count). The van der Waals surface area contributed by atoms with E-state index in [9.17, 15) is 19.5 Å². The number of benzene rings is 1. The molecule has 1 atom stereocenters. The summed E-state index contributed by atoms with van der Waals surface area (Å²) in [4.78, 5) is 36.6. The molecule has 0 saturated carbocycles. The SMILES string of the molecule is O=[C]C(NC(=O)c1cc(=O)c(O)c[nH]1)c1ccc(O)cc1. The Labute approximate surface area is 118 Å². The zero-order chi connectivity index (χ0) is 15.4. The van der Waals surface area contributed by atoms with E-state index in [1.165, 1.54) is 24.3 Å². The first-order valence-corrected chi connectivity index (χ1v) is 5.90. The molecule has 7 nitrogen and oxygen atoms in total. The number of hydrogen-bond acceptors (Lipinski definition) is 5. The number of carbonyl (C=O) groups is 1. The van der Waals surface area contributed by atoms with Crippen LogP contribution in [0.15, 0.2) is 41.3 Å². The summed E-state index contributed by atoms with van der Waals surface area (Å²) in [5.41, 5.74) is -0.385. The zero-order valence-electron chi connectivity index (χ0n) is 10.7. The number of hydrogen-bond donors (Lipinski definition) is 4. The van der Waals surface area contributed by atoms with Crippen LogP contribution in [0, 0.1) is 0 Å². The molecule has 4 N–H and O–H groups in total. The number of nitrogens with one attached hydrogen (secondary N) is 2. The van der Waals surface area contributed by atoms with Crippen molar-refractivity contribution in [2.24, 2.45) is 0 Å². The standard InChI is InChI=1S/C14H11N2O5/c17-7-11(8-1-3-9(18)4-2-8)16-14(21)10-5-12(19)13(20)6-15-10/h1-6,11,18,20H,(H,15,19)(H,16,21). The van der Waals surface area contributed by atoms with Gasteiger partial charge in [-0.25, -0.2) is 0 Å². The maximum absolute atomic E-state index is 11.9. The molecule has 0 aliphatic carbocycles. The molecule has 1 heterocycles. The first kappa shape index (κ1) is 14.3. The van der Waals surface area contributed by atoms with Gasteiger partial charge in [0.1, 0.15) is 17.5 Å². The van der Waals surface area contributed by atoms with E-state index in [4.69, 9.17) is 5.11 Å². The fourth-order valence-electron chi connectivity index (χ4n) is 1.65. The first-order valence-electron chi connectivity index (χ1n) is 5.90. The maximum Gasteiger partial charge on any atom is 0.268 e. The fourth-order valence-corrected chi connectivity index (χ4v) is 1.65. The molecule has 0 aliphatic rings. The quantitative estimate of drug-likeness (QED) is 0.647. The van der Waals surface area contributed by atoms with Crippen LogP contribution in [0.3, 0.4) is 0 Å². The number of H-pyrrole nitrogens is 1. The van der Waals surface area contributed by atoms with E-state index >= 15 is 0 Å². The van der Waals surface area contributed by atoms with Gasteiger partial charge in [-0.1, -0.05) is 12.1 Å². The number of phenolic OH excluding ortho intramolecular Hbond substituents is 1. The molecule has 2 aromatic rings. The average molecular weight is 287 g/mol. The monoisotopic (exact) mass is 287 g/mol. The third kappa shape index (κ3) is 3.27. The van der Waals surface area contributed by atoms with Crippen molar-refractivity contribution < 1.29 is 19.8 Å². The van der Waals surface area contributed by atoms with Gasteiger partial charge >= 0.3 is 0 Å². The number of pyridine rings is 1. The molecular weight excluding hydrogens is 276 g/mol. The number of aromatic amines is 1. The van der Waals surface area contributed by atoms with E-state index in [0.29, 0.717) is 5.56 Å². The molecule has 107 valence electrons. The van der Waals surface area contributed by atoms with Gasteiger partial charge in [-0.2, -0.15) is 0 Å². The highest BCUT2D eigenvalue weighted by Gasteiger charge is 2.17. The van der Waals surface area contributed by atoms with Crippen molar-refractivity contribution >= 4 is 12.2 Å². The molecule has 1 amide bonds. The number of rotatable bonds is 4. The minimum Gasteiger partial charge on any atom is -0.508 e. The lowest BCUT2D eigenvalue weighted by Crippen LogP contribution is -2.30. The smallest absolute Gasteiger partial charge is 0.268 e. The maximum atomic E-state index is 11.9. The van der Waals surface area contributed by atoms with Gasteiger partial charge in [0.15, 0.2) is 5.75 Å². The predicted octanol–water partition coefficient (Wildman–Crippen LogP) is 0.367. The molecule has 1 aromatic heterocycles. The van der Waals surface area contributed by atoms with E-state index in [0.717, 1.165) is 12.3 Å². The largest absolute Gasteiger partial charge is 0.508 e. The third-order valence-electron chi connectivity index (χ3n) is 2.76. The second kappa shape index (κ2) is 5.91. The Balaban J connectivity index is 2.19. The van der Waals surface area contributed by atoms with Crippen LogP contribution >= 0.6 is 0 Å². The number of aromatic hydroxyl groups is 2. The summed E-state index contributed by atoms with van der Waals surface area (Å²) in [7, 11) is 0. The second-order valence-corrected chi connectivity index (χ2v) is 4.21. The van der Waals surface area contributed by atoms with Gasteiger partial charge in [0, 0.05) is 12.3 Å². The van der Waals surface area contributed by atoms with Crippen molar-refractivity contribution in [1.82, 2.24) is 10.3 Å². The van der Waals surface area contributed by atoms with E-state index in [-0.39, 0.29) is 11.4 Å². The van der Waals surface area contributed by atoms with Crippen LogP contribution < -0.4 is 10.7 Å². The molecule has 1 unspecified atom stereocenters. The Bertz CT molecular complexity index is 721. The summed E-state index contributed by atoms with van der Waals surface area (Å²) in [6.45, 7) is 0.